The quantitative estimate of drug-likeness (QED) is 0.427. The Labute approximate surface area is 234 Å². The molecule has 1 aliphatic carbocycles. The maximum absolute atomic E-state index is 13.7. The van der Waals surface area contributed by atoms with Crippen LogP contribution in [-0.4, -0.2) is 68.4 Å². The van der Waals surface area contributed by atoms with Crippen LogP contribution in [0, 0.1) is 12.3 Å². The molecule has 1 atom stereocenters. The zero-order valence-corrected chi connectivity index (χ0v) is 23.7. The van der Waals surface area contributed by atoms with Crippen molar-refractivity contribution in [3.05, 3.63) is 41.5 Å². The molecule has 1 saturated carbocycles. The van der Waals surface area contributed by atoms with Gasteiger partial charge in [-0.1, -0.05) is 0 Å². The molecule has 0 bridgehead atoms. The summed E-state index contributed by atoms with van der Waals surface area (Å²) >= 11 is 0. The van der Waals surface area contributed by atoms with E-state index in [-0.39, 0.29) is 31.7 Å². The standard InChI is InChI=1S/C28H37F2N5O4S/c1-19-15-21(17-22(16-19)34-13-9-28(29,30)10-14-34)31-26(37)23-3-4-24(33-40(38,39)20(2)18-36)32-25(23)35-11-7-27(5-6-27)8-12-35/h3-4,15-17,20,36H,5-14,18H2,1-2H3,(H,31,37)(H,32,33)/t20-/m0/s1. The van der Waals surface area contributed by atoms with Crippen LogP contribution in [0.5, 0.6) is 0 Å². The third-order valence-electron chi connectivity index (χ3n) is 8.41. The summed E-state index contributed by atoms with van der Waals surface area (Å²) in [5.41, 5.74) is 2.91. The highest BCUT2D eigenvalue weighted by atomic mass is 32.2. The molecule has 3 aliphatic rings. The Hall–Kier alpha value is -2.99. The number of hydrogen-bond donors (Lipinski definition) is 3. The van der Waals surface area contributed by atoms with Gasteiger partial charge in [0.05, 0.1) is 12.2 Å². The number of amides is 1. The fourth-order valence-electron chi connectivity index (χ4n) is 5.45. The van der Waals surface area contributed by atoms with E-state index in [4.69, 9.17) is 0 Å². The predicted octanol–water partition coefficient (Wildman–Crippen LogP) is 4.38. The van der Waals surface area contributed by atoms with Crippen LogP contribution in [0.4, 0.5) is 31.8 Å². The van der Waals surface area contributed by atoms with Crippen LogP contribution in [0.15, 0.2) is 30.3 Å². The molecule has 3 heterocycles. The molecule has 0 unspecified atom stereocenters. The van der Waals surface area contributed by atoms with Crippen molar-refractivity contribution in [2.24, 2.45) is 5.41 Å². The molecule has 2 saturated heterocycles. The molecule has 2 aromatic rings. The monoisotopic (exact) mass is 577 g/mol. The minimum atomic E-state index is -3.86. The van der Waals surface area contributed by atoms with Crippen LogP contribution in [0.2, 0.25) is 0 Å². The molecule has 218 valence electrons. The van der Waals surface area contributed by atoms with Crippen molar-refractivity contribution in [1.29, 1.82) is 0 Å². The summed E-state index contributed by atoms with van der Waals surface area (Å²) < 4.78 is 54.9. The molecule has 2 aliphatic heterocycles. The molecule has 9 nitrogen and oxygen atoms in total. The van der Waals surface area contributed by atoms with Gasteiger partial charge in [0.1, 0.15) is 16.9 Å². The van der Waals surface area contributed by atoms with E-state index >= 15 is 0 Å². The molecule has 40 heavy (non-hydrogen) atoms. The fourth-order valence-corrected chi connectivity index (χ4v) is 6.25. The first-order valence-electron chi connectivity index (χ1n) is 13.8. The van der Waals surface area contributed by atoms with Crippen molar-refractivity contribution in [2.45, 2.75) is 63.5 Å². The van der Waals surface area contributed by atoms with Crippen molar-refractivity contribution in [3.63, 3.8) is 0 Å². The van der Waals surface area contributed by atoms with E-state index in [1.807, 2.05) is 28.9 Å². The van der Waals surface area contributed by atoms with Crippen LogP contribution in [0.3, 0.4) is 0 Å². The number of anilines is 4. The van der Waals surface area contributed by atoms with Gasteiger partial charge in [0.15, 0.2) is 0 Å². The molecule has 5 rings (SSSR count). The van der Waals surface area contributed by atoms with Crippen LogP contribution < -0.4 is 19.8 Å². The number of nitrogens with one attached hydrogen (secondary N) is 2. The average Bonchev–Trinajstić information content (AvgIpc) is 3.66. The highest BCUT2D eigenvalue weighted by Gasteiger charge is 2.45. The second-order valence-electron chi connectivity index (χ2n) is 11.5. The lowest BCUT2D eigenvalue weighted by Crippen LogP contribution is -2.39. The van der Waals surface area contributed by atoms with Gasteiger partial charge in [0.2, 0.25) is 10.0 Å². The van der Waals surface area contributed by atoms with Crippen LogP contribution >= 0.6 is 0 Å². The molecule has 1 amide bonds. The largest absolute Gasteiger partial charge is 0.395 e. The number of aryl methyl sites for hydroxylation is 1. The van der Waals surface area contributed by atoms with Gasteiger partial charge >= 0.3 is 0 Å². The maximum atomic E-state index is 13.7. The molecule has 3 fully saturated rings. The summed E-state index contributed by atoms with van der Waals surface area (Å²) in [4.78, 5) is 22.1. The number of halogens is 2. The van der Waals surface area contributed by atoms with Gasteiger partial charge in [-0.15, -0.1) is 0 Å². The van der Waals surface area contributed by atoms with E-state index in [1.54, 1.807) is 12.1 Å². The second-order valence-corrected chi connectivity index (χ2v) is 13.6. The lowest BCUT2D eigenvalue weighted by atomic mass is 9.93. The third-order valence-corrected chi connectivity index (χ3v) is 10.1. The minimum absolute atomic E-state index is 0.0818. The summed E-state index contributed by atoms with van der Waals surface area (Å²) in [6.07, 6.45) is 3.99. The number of pyridine rings is 1. The topological polar surface area (TPSA) is 115 Å². The SMILES string of the molecule is Cc1cc(NC(=O)c2ccc(NS(=O)(=O)[C@@H](C)CO)nc2N2CCC3(CC2)CC3)cc(N2CCC(F)(F)CC2)c1. The summed E-state index contributed by atoms with van der Waals surface area (Å²) in [6, 6.07) is 8.54. The first kappa shape index (κ1) is 28.5. The summed E-state index contributed by atoms with van der Waals surface area (Å²) in [5.74, 6) is -2.56. The minimum Gasteiger partial charge on any atom is -0.395 e. The number of hydrogen-bond acceptors (Lipinski definition) is 7. The first-order chi connectivity index (χ1) is 18.9. The first-order valence-corrected chi connectivity index (χ1v) is 15.4. The number of piperidine rings is 2. The lowest BCUT2D eigenvalue weighted by Gasteiger charge is -2.34. The molecule has 1 aromatic carbocycles. The van der Waals surface area contributed by atoms with Crippen molar-refractivity contribution in [3.8, 4) is 0 Å². The van der Waals surface area contributed by atoms with Gasteiger partial charge in [0, 0.05) is 50.4 Å². The highest BCUT2D eigenvalue weighted by Crippen LogP contribution is 2.54. The number of aliphatic hydroxyl groups is 1. The number of carbonyl (C=O) groups excluding carboxylic acids is 1. The molecule has 12 heteroatoms. The van der Waals surface area contributed by atoms with Gasteiger partial charge in [-0.3, -0.25) is 9.52 Å². The predicted molar refractivity (Wildman–Crippen MR) is 152 cm³/mol. The van der Waals surface area contributed by atoms with Crippen molar-refractivity contribution < 1.29 is 27.1 Å². The number of nitrogens with zero attached hydrogens (tertiary/aromatic N) is 3. The Morgan fingerprint density at radius 1 is 1.02 bits per heavy atom. The number of sulfonamides is 1. The number of carbonyl (C=O) groups is 1. The number of aromatic nitrogens is 1. The fraction of sp³-hybridized carbons (Fsp3) is 0.571. The zero-order valence-electron chi connectivity index (χ0n) is 22.9. The van der Waals surface area contributed by atoms with Gasteiger partial charge < -0.3 is 20.2 Å². The average molecular weight is 578 g/mol. The van der Waals surface area contributed by atoms with E-state index in [1.165, 1.54) is 25.8 Å². The Morgan fingerprint density at radius 2 is 1.68 bits per heavy atom. The van der Waals surface area contributed by atoms with Gasteiger partial charge in [0.25, 0.3) is 11.8 Å². The number of rotatable bonds is 8. The summed E-state index contributed by atoms with van der Waals surface area (Å²) in [7, 11) is -3.86. The van der Waals surface area contributed by atoms with E-state index in [0.717, 1.165) is 24.1 Å². The molecule has 1 spiro atoms. The van der Waals surface area contributed by atoms with E-state index in [9.17, 15) is 27.1 Å². The van der Waals surface area contributed by atoms with Gasteiger partial charge in [-0.25, -0.2) is 22.2 Å². The molecule has 1 aromatic heterocycles. The third kappa shape index (κ3) is 6.33. The lowest BCUT2D eigenvalue weighted by molar-refractivity contribution is -0.0220. The Bertz CT molecular complexity index is 1360. The molecule has 3 N–H and O–H groups in total. The summed E-state index contributed by atoms with van der Waals surface area (Å²) in [6.45, 7) is 4.66. The maximum Gasteiger partial charge on any atom is 0.259 e. The van der Waals surface area contributed by atoms with E-state index in [0.29, 0.717) is 35.6 Å². The number of alkyl halides is 2. The Balaban J connectivity index is 1.39. The Kier molecular flexibility index (Phi) is 7.68. The van der Waals surface area contributed by atoms with E-state index in [2.05, 4.69) is 15.0 Å². The molecular formula is C28H37F2N5O4S. The van der Waals surface area contributed by atoms with Gasteiger partial charge in [-0.2, -0.15) is 0 Å². The zero-order chi connectivity index (χ0) is 28.7. The molecule has 0 radical (unpaired) electrons. The number of aliphatic hydroxyl groups excluding tert-OH is 1. The van der Waals surface area contributed by atoms with Crippen molar-refractivity contribution >= 4 is 38.9 Å². The highest BCUT2D eigenvalue weighted by molar-refractivity contribution is 7.93. The second kappa shape index (κ2) is 10.8. The van der Waals surface area contributed by atoms with E-state index < -0.39 is 33.7 Å². The van der Waals surface area contributed by atoms with Gasteiger partial charge in [-0.05, 0) is 80.8 Å². The van der Waals surface area contributed by atoms with Crippen molar-refractivity contribution in [1.82, 2.24) is 4.98 Å². The van der Waals surface area contributed by atoms with Crippen LogP contribution in [-0.2, 0) is 10.0 Å². The molecular weight excluding hydrogens is 540 g/mol. The normalized spacial score (nSPS) is 20.7. The Morgan fingerprint density at radius 3 is 2.30 bits per heavy atom. The number of benzene rings is 1. The smallest absolute Gasteiger partial charge is 0.259 e. The van der Waals surface area contributed by atoms with Crippen molar-refractivity contribution in [2.75, 3.05) is 52.6 Å². The van der Waals surface area contributed by atoms with Crippen LogP contribution in [0.1, 0.15) is 61.4 Å². The van der Waals surface area contributed by atoms with Crippen LogP contribution in [0.25, 0.3) is 0 Å². The summed E-state index contributed by atoms with van der Waals surface area (Å²) in [5, 5.41) is 11.3.